The number of rotatable bonds is 3. The highest BCUT2D eigenvalue weighted by atomic mass is 35.5. The van der Waals surface area contributed by atoms with E-state index in [-0.39, 0.29) is 6.04 Å². The minimum atomic E-state index is 0.192. The molecule has 2 heterocycles. The molecule has 1 aliphatic heterocycles. The minimum absolute atomic E-state index is 0.192. The van der Waals surface area contributed by atoms with Gasteiger partial charge in [-0.1, -0.05) is 29.3 Å². The molecule has 0 bridgehead atoms. The van der Waals surface area contributed by atoms with Crippen molar-refractivity contribution in [2.75, 3.05) is 13.1 Å². The highest BCUT2D eigenvalue weighted by molar-refractivity contribution is 7.10. The molecule has 3 rings (SSSR count). The molecule has 0 unspecified atom stereocenters. The van der Waals surface area contributed by atoms with Crippen LogP contribution in [0, 0.1) is 0 Å². The van der Waals surface area contributed by atoms with Gasteiger partial charge in [-0.25, -0.2) is 0 Å². The van der Waals surface area contributed by atoms with Crippen molar-refractivity contribution in [1.29, 1.82) is 0 Å². The Hall–Kier alpha value is -0.580. The van der Waals surface area contributed by atoms with Crippen LogP contribution in [-0.4, -0.2) is 18.0 Å². The van der Waals surface area contributed by atoms with Crippen LogP contribution in [0.1, 0.15) is 22.0 Å². The van der Waals surface area contributed by atoms with Gasteiger partial charge in [0.2, 0.25) is 0 Å². The topological polar surface area (TPSA) is 29.3 Å². The summed E-state index contributed by atoms with van der Waals surface area (Å²) in [5.41, 5.74) is 8.57. The first-order valence-electron chi connectivity index (χ1n) is 6.63. The third-order valence-electron chi connectivity index (χ3n) is 3.83. The Morgan fingerprint density at radius 3 is 2.85 bits per heavy atom. The van der Waals surface area contributed by atoms with Crippen LogP contribution in [0.3, 0.4) is 0 Å². The van der Waals surface area contributed by atoms with E-state index in [1.165, 1.54) is 10.4 Å². The molecule has 2 nitrogen and oxygen atoms in total. The van der Waals surface area contributed by atoms with Gasteiger partial charge >= 0.3 is 0 Å². The second-order valence-electron chi connectivity index (χ2n) is 5.01. The smallest absolute Gasteiger partial charge is 0.0595 e. The molecule has 5 heteroatoms. The molecule has 1 aromatic carbocycles. The number of thiophene rings is 1. The van der Waals surface area contributed by atoms with Crippen LogP contribution >= 0.6 is 34.5 Å². The van der Waals surface area contributed by atoms with Crippen molar-refractivity contribution in [2.45, 2.75) is 19.0 Å². The maximum Gasteiger partial charge on any atom is 0.0595 e. The fraction of sp³-hybridized carbons (Fsp3) is 0.333. The molecule has 0 radical (unpaired) electrons. The number of hydrogen-bond donors (Lipinski definition) is 1. The SMILES string of the molecule is NC[C@@H](c1ccc(Cl)c(Cl)c1)N1CCc2sccc2C1. The van der Waals surface area contributed by atoms with Crippen LogP contribution < -0.4 is 5.73 Å². The van der Waals surface area contributed by atoms with Gasteiger partial charge in [0.1, 0.15) is 0 Å². The normalized spacial score (nSPS) is 16.9. The third-order valence-corrected chi connectivity index (χ3v) is 5.59. The maximum atomic E-state index is 6.13. The molecule has 1 aliphatic rings. The molecule has 0 aliphatic carbocycles. The lowest BCUT2D eigenvalue weighted by atomic mass is 10.0. The zero-order chi connectivity index (χ0) is 14.1. The Kier molecular flexibility index (Phi) is 4.34. The Balaban J connectivity index is 1.85. The van der Waals surface area contributed by atoms with Crippen molar-refractivity contribution < 1.29 is 0 Å². The molecule has 0 fully saturated rings. The summed E-state index contributed by atoms with van der Waals surface area (Å²) in [6.45, 7) is 2.58. The Bertz CT molecular complexity index is 612. The first-order valence-corrected chi connectivity index (χ1v) is 8.27. The highest BCUT2D eigenvalue weighted by Crippen LogP contribution is 2.32. The summed E-state index contributed by atoms with van der Waals surface area (Å²) in [5.74, 6) is 0. The minimum Gasteiger partial charge on any atom is -0.329 e. The van der Waals surface area contributed by atoms with Crippen LogP contribution in [0.4, 0.5) is 0 Å². The zero-order valence-electron chi connectivity index (χ0n) is 11.0. The van der Waals surface area contributed by atoms with E-state index in [2.05, 4.69) is 16.3 Å². The Morgan fingerprint density at radius 1 is 1.25 bits per heavy atom. The fourth-order valence-corrected chi connectivity index (χ4v) is 3.95. The molecule has 2 N–H and O–H groups in total. The van der Waals surface area contributed by atoms with Crippen molar-refractivity contribution in [3.8, 4) is 0 Å². The molecular weight excluding hydrogens is 311 g/mol. The van der Waals surface area contributed by atoms with Gasteiger partial charge < -0.3 is 5.73 Å². The van der Waals surface area contributed by atoms with Crippen molar-refractivity contribution in [2.24, 2.45) is 5.73 Å². The molecule has 0 saturated heterocycles. The highest BCUT2D eigenvalue weighted by Gasteiger charge is 2.24. The molecule has 106 valence electrons. The second-order valence-corrected chi connectivity index (χ2v) is 6.83. The number of nitrogens with zero attached hydrogens (tertiary/aromatic N) is 1. The molecule has 0 amide bonds. The maximum absolute atomic E-state index is 6.13. The van der Waals surface area contributed by atoms with E-state index >= 15 is 0 Å². The third kappa shape index (κ3) is 2.74. The first-order chi connectivity index (χ1) is 9.69. The van der Waals surface area contributed by atoms with E-state index in [0.29, 0.717) is 16.6 Å². The van der Waals surface area contributed by atoms with Gasteiger partial charge in [-0.05, 0) is 41.1 Å². The van der Waals surface area contributed by atoms with E-state index in [0.717, 1.165) is 25.1 Å². The number of fused-ring (bicyclic) bond motifs is 1. The molecule has 1 atom stereocenters. The van der Waals surface area contributed by atoms with Crippen LogP contribution in [0.2, 0.25) is 10.0 Å². The van der Waals surface area contributed by atoms with E-state index < -0.39 is 0 Å². The number of nitrogens with two attached hydrogens (primary N) is 1. The predicted molar refractivity (Wildman–Crippen MR) is 86.7 cm³/mol. The average Bonchev–Trinajstić information content (AvgIpc) is 2.91. The van der Waals surface area contributed by atoms with Gasteiger partial charge in [0.15, 0.2) is 0 Å². The van der Waals surface area contributed by atoms with Crippen molar-refractivity contribution >= 4 is 34.5 Å². The van der Waals surface area contributed by atoms with Gasteiger partial charge in [0, 0.05) is 30.6 Å². The predicted octanol–water partition coefficient (Wildman–Crippen LogP) is 4.11. The van der Waals surface area contributed by atoms with Gasteiger partial charge in [-0.2, -0.15) is 0 Å². The Labute approximate surface area is 133 Å². The molecular formula is C15H16Cl2N2S. The summed E-state index contributed by atoms with van der Waals surface area (Å²) in [4.78, 5) is 3.93. The lowest BCUT2D eigenvalue weighted by molar-refractivity contribution is 0.185. The lowest BCUT2D eigenvalue weighted by Gasteiger charge is -2.34. The number of benzene rings is 1. The summed E-state index contributed by atoms with van der Waals surface area (Å²) in [5, 5.41) is 3.35. The fourth-order valence-electron chi connectivity index (χ4n) is 2.75. The average molecular weight is 327 g/mol. The van der Waals surface area contributed by atoms with Gasteiger partial charge in [-0.15, -0.1) is 11.3 Å². The monoisotopic (exact) mass is 326 g/mol. The van der Waals surface area contributed by atoms with Crippen LogP contribution in [0.15, 0.2) is 29.6 Å². The quantitative estimate of drug-likeness (QED) is 0.919. The van der Waals surface area contributed by atoms with Crippen LogP contribution in [0.25, 0.3) is 0 Å². The molecule has 2 aromatic rings. The summed E-state index contributed by atoms with van der Waals surface area (Å²) in [6, 6.07) is 8.22. The summed E-state index contributed by atoms with van der Waals surface area (Å²) in [6.07, 6.45) is 1.10. The lowest BCUT2D eigenvalue weighted by Crippen LogP contribution is -2.37. The molecule has 0 spiro atoms. The van der Waals surface area contributed by atoms with Crippen molar-refractivity contribution in [3.05, 3.63) is 55.7 Å². The molecule has 1 aromatic heterocycles. The summed E-state index contributed by atoms with van der Waals surface area (Å²) >= 11 is 14.0. The van der Waals surface area contributed by atoms with E-state index in [9.17, 15) is 0 Å². The molecule has 0 saturated carbocycles. The number of halogens is 2. The van der Waals surface area contributed by atoms with Crippen LogP contribution in [-0.2, 0) is 13.0 Å². The summed E-state index contributed by atoms with van der Waals surface area (Å²) < 4.78 is 0. The number of hydrogen-bond acceptors (Lipinski definition) is 3. The first kappa shape index (κ1) is 14.4. The molecule has 20 heavy (non-hydrogen) atoms. The van der Waals surface area contributed by atoms with E-state index in [1.54, 1.807) is 0 Å². The van der Waals surface area contributed by atoms with Crippen molar-refractivity contribution in [1.82, 2.24) is 4.90 Å². The van der Waals surface area contributed by atoms with Gasteiger partial charge in [-0.3, -0.25) is 4.90 Å². The zero-order valence-corrected chi connectivity index (χ0v) is 13.3. The van der Waals surface area contributed by atoms with Gasteiger partial charge in [0.25, 0.3) is 0 Å². The van der Waals surface area contributed by atoms with E-state index in [1.807, 2.05) is 29.5 Å². The van der Waals surface area contributed by atoms with Crippen LogP contribution in [0.5, 0.6) is 0 Å². The second kappa shape index (κ2) is 6.04. The van der Waals surface area contributed by atoms with Gasteiger partial charge in [0.05, 0.1) is 10.0 Å². The van der Waals surface area contributed by atoms with E-state index in [4.69, 9.17) is 28.9 Å². The Morgan fingerprint density at radius 2 is 2.10 bits per heavy atom. The standard InChI is InChI=1S/C15H16Cl2N2S/c16-12-2-1-10(7-13(12)17)14(8-18)19-5-3-15-11(9-19)4-6-20-15/h1-2,4,6-7,14H,3,5,8-9,18H2/t14-/m0/s1. The largest absolute Gasteiger partial charge is 0.329 e. The van der Waals surface area contributed by atoms with Crippen molar-refractivity contribution in [3.63, 3.8) is 0 Å². The summed E-state index contributed by atoms with van der Waals surface area (Å²) in [7, 11) is 0.